The number of methoxy groups -OCH3 is 1. The third-order valence-electron chi connectivity index (χ3n) is 5.66. The van der Waals surface area contributed by atoms with Crippen LogP contribution in [0.3, 0.4) is 0 Å². The number of allylic oxidation sites excluding steroid dienone is 1. The van der Waals surface area contributed by atoms with Crippen LogP contribution in [0.25, 0.3) is 6.08 Å². The molecule has 36 heavy (non-hydrogen) atoms. The Morgan fingerprint density at radius 2 is 1.83 bits per heavy atom. The zero-order valence-corrected chi connectivity index (χ0v) is 20.8. The number of hydrogen-bond donors (Lipinski definition) is 1. The van der Waals surface area contributed by atoms with E-state index in [1.807, 2.05) is 54.6 Å². The van der Waals surface area contributed by atoms with Gasteiger partial charge in [-0.3, -0.25) is 4.79 Å². The maximum atomic E-state index is 13.4. The monoisotopic (exact) mass is 517 g/mol. The third kappa shape index (κ3) is 5.25. The van der Waals surface area contributed by atoms with E-state index in [0.29, 0.717) is 17.1 Å². The van der Waals surface area contributed by atoms with Crippen LogP contribution in [0.1, 0.15) is 21.5 Å². The Labute approximate surface area is 217 Å². The SMILES string of the molecule is COc1ccc(/C=C/C(=O)c2ccc3c(c2)Nc2ccccc2S3)cc1COc1ccc(F)c(Cl)c1. The van der Waals surface area contributed by atoms with Crippen molar-refractivity contribution < 1.29 is 18.7 Å². The molecular weight excluding hydrogens is 497 g/mol. The van der Waals surface area contributed by atoms with Gasteiger partial charge in [0, 0.05) is 27.0 Å². The van der Waals surface area contributed by atoms with E-state index >= 15 is 0 Å². The highest BCUT2D eigenvalue weighted by Crippen LogP contribution is 2.44. The topological polar surface area (TPSA) is 47.6 Å². The lowest BCUT2D eigenvalue weighted by atomic mass is 10.1. The Kier molecular flexibility index (Phi) is 6.98. The Hall–Kier alpha value is -3.74. The van der Waals surface area contributed by atoms with Crippen molar-refractivity contribution in [1.82, 2.24) is 0 Å². The molecule has 0 radical (unpaired) electrons. The second kappa shape index (κ2) is 10.5. The fraction of sp³-hybridized carbons (Fsp3) is 0.0690. The molecule has 7 heteroatoms. The van der Waals surface area contributed by atoms with Crippen LogP contribution in [-0.4, -0.2) is 12.9 Å². The van der Waals surface area contributed by atoms with E-state index in [1.165, 1.54) is 18.2 Å². The van der Waals surface area contributed by atoms with Crippen molar-refractivity contribution in [3.8, 4) is 11.5 Å². The van der Waals surface area contributed by atoms with E-state index in [9.17, 15) is 9.18 Å². The number of benzene rings is 4. The summed E-state index contributed by atoms with van der Waals surface area (Å²) in [5, 5.41) is 3.40. The first kappa shape index (κ1) is 24.0. The Bertz CT molecular complexity index is 1490. The minimum atomic E-state index is -0.503. The number of para-hydroxylation sites is 1. The average molecular weight is 518 g/mol. The Balaban J connectivity index is 1.30. The molecule has 4 aromatic carbocycles. The van der Waals surface area contributed by atoms with Gasteiger partial charge in [-0.2, -0.15) is 0 Å². The Morgan fingerprint density at radius 1 is 1.00 bits per heavy atom. The van der Waals surface area contributed by atoms with Crippen molar-refractivity contribution in [2.75, 3.05) is 12.4 Å². The lowest BCUT2D eigenvalue weighted by molar-refractivity contribution is 0.104. The molecule has 0 amide bonds. The Morgan fingerprint density at radius 3 is 2.67 bits per heavy atom. The molecule has 5 rings (SSSR count). The number of hydrogen-bond acceptors (Lipinski definition) is 5. The molecule has 0 spiro atoms. The maximum absolute atomic E-state index is 13.4. The minimum absolute atomic E-state index is 0.00478. The van der Waals surface area contributed by atoms with Crippen LogP contribution in [0.5, 0.6) is 11.5 Å². The van der Waals surface area contributed by atoms with Crippen molar-refractivity contribution in [3.63, 3.8) is 0 Å². The lowest BCUT2D eigenvalue weighted by Gasteiger charge is -2.20. The predicted octanol–water partition coefficient (Wildman–Crippen LogP) is 8.17. The van der Waals surface area contributed by atoms with E-state index in [-0.39, 0.29) is 17.4 Å². The summed E-state index contributed by atoms with van der Waals surface area (Å²) in [4.78, 5) is 15.2. The molecule has 1 N–H and O–H groups in total. The van der Waals surface area contributed by atoms with Crippen LogP contribution in [0.2, 0.25) is 5.02 Å². The average Bonchev–Trinajstić information content (AvgIpc) is 2.90. The first-order chi connectivity index (χ1) is 17.5. The molecule has 0 aliphatic carbocycles. The first-order valence-corrected chi connectivity index (χ1v) is 12.3. The molecule has 4 nitrogen and oxygen atoms in total. The van der Waals surface area contributed by atoms with Gasteiger partial charge in [0.1, 0.15) is 23.9 Å². The predicted molar refractivity (Wildman–Crippen MR) is 142 cm³/mol. The maximum Gasteiger partial charge on any atom is 0.185 e. The quantitative estimate of drug-likeness (QED) is 0.174. The highest BCUT2D eigenvalue weighted by molar-refractivity contribution is 7.99. The number of rotatable bonds is 7. The fourth-order valence-electron chi connectivity index (χ4n) is 3.80. The third-order valence-corrected chi connectivity index (χ3v) is 7.10. The summed E-state index contributed by atoms with van der Waals surface area (Å²) in [7, 11) is 1.58. The van der Waals surface area contributed by atoms with Crippen molar-refractivity contribution in [2.24, 2.45) is 0 Å². The summed E-state index contributed by atoms with van der Waals surface area (Å²) in [5.74, 6) is 0.487. The van der Waals surface area contributed by atoms with Gasteiger partial charge in [-0.1, -0.05) is 47.6 Å². The number of halogens is 2. The van der Waals surface area contributed by atoms with Gasteiger partial charge in [0.15, 0.2) is 5.78 Å². The van der Waals surface area contributed by atoms with Crippen molar-refractivity contribution in [3.05, 3.63) is 112 Å². The number of nitrogens with one attached hydrogen (secondary N) is 1. The highest BCUT2D eigenvalue weighted by atomic mass is 35.5. The molecule has 0 atom stereocenters. The molecule has 4 aromatic rings. The molecule has 0 bridgehead atoms. The number of carbonyl (C=O) groups is 1. The van der Waals surface area contributed by atoms with Crippen LogP contribution >= 0.6 is 23.4 Å². The van der Waals surface area contributed by atoms with Crippen molar-refractivity contribution in [2.45, 2.75) is 16.4 Å². The first-order valence-electron chi connectivity index (χ1n) is 11.2. The molecule has 0 fully saturated rings. The molecule has 1 heterocycles. The molecule has 1 aliphatic heterocycles. The van der Waals surface area contributed by atoms with Crippen LogP contribution in [0.4, 0.5) is 15.8 Å². The van der Waals surface area contributed by atoms with Gasteiger partial charge in [-0.25, -0.2) is 4.39 Å². The second-order valence-corrected chi connectivity index (χ2v) is 9.56. The summed E-state index contributed by atoms with van der Waals surface area (Å²) in [6.45, 7) is 0.191. The molecule has 0 saturated heterocycles. The number of carbonyl (C=O) groups excluding carboxylic acids is 1. The number of ketones is 1. The van der Waals surface area contributed by atoms with Gasteiger partial charge in [-0.05, 0) is 66.2 Å². The van der Waals surface area contributed by atoms with E-state index in [0.717, 1.165) is 32.3 Å². The molecule has 180 valence electrons. The molecule has 0 saturated carbocycles. The molecular formula is C29H21ClFNO3S. The molecule has 0 unspecified atom stereocenters. The van der Waals surface area contributed by atoms with Crippen LogP contribution in [0.15, 0.2) is 94.7 Å². The van der Waals surface area contributed by atoms with E-state index in [2.05, 4.69) is 11.4 Å². The highest BCUT2D eigenvalue weighted by Gasteiger charge is 2.16. The van der Waals surface area contributed by atoms with Crippen LogP contribution < -0.4 is 14.8 Å². The van der Waals surface area contributed by atoms with E-state index < -0.39 is 5.82 Å². The number of ether oxygens (including phenoxy) is 2. The zero-order valence-electron chi connectivity index (χ0n) is 19.3. The van der Waals surface area contributed by atoms with Crippen LogP contribution in [-0.2, 0) is 6.61 Å². The summed E-state index contributed by atoms with van der Waals surface area (Å²) in [6, 6.07) is 23.5. The fourth-order valence-corrected chi connectivity index (χ4v) is 4.94. The van der Waals surface area contributed by atoms with Crippen LogP contribution in [0, 0.1) is 5.82 Å². The summed E-state index contributed by atoms with van der Waals surface area (Å²) >= 11 is 7.52. The van der Waals surface area contributed by atoms with Gasteiger partial charge in [0.2, 0.25) is 0 Å². The summed E-state index contributed by atoms with van der Waals surface area (Å²) in [5.41, 5.74) is 4.15. The van der Waals surface area contributed by atoms with Gasteiger partial charge < -0.3 is 14.8 Å². The largest absolute Gasteiger partial charge is 0.496 e. The minimum Gasteiger partial charge on any atom is -0.496 e. The lowest BCUT2D eigenvalue weighted by Crippen LogP contribution is -2.02. The van der Waals surface area contributed by atoms with Gasteiger partial charge >= 0.3 is 0 Å². The summed E-state index contributed by atoms with van der Waals surface area (Å²) in [6.07, 6.45) is 3.31. The molecule has 1 aliphatic rings. The standard InChI is InChI=1S/C29H21ClFNO3S/c1-34-27-12-7-18(14-20(27)17-35-21-9-10-23(31)22(30)16-21)6-11-26(33)19-8-13-29-25(15-19)32-24-4-2-3-5-28(24)36-29/h2-16,32H,17H2,1H3/b11-6+. The number of fused-ring (bicyclic) bond motifs is 2. The van der Waals surface area contributed by atoms with E-state index in [4.69, 9.17) is 21.1 Å². The normalized spacial score (nSPS) is 12.0. The molecule has 0 aromatic heterocycles. The van der Waals surface area contributed by atoms with Crippen molar-refractivity contribution in [1.29, 1.82) is 0 Å². The zero-order chi connectivity index (χ0) is 25.1. The van der Waals surface area contributed by atoms with Gasteiger partial charge in [0.05, 0.1) is 23.5 Å². The van der Waals surface area contributed by atoms with E-state index in [1.54, 1.807) is 31.0 Å². The van der Waals surface area contributed by atoms with Gasteiger partial charge in [-0.15, -0.1) is 0 Å². The second-order valence-electron chi connectivity index (χ2n) is 8.07. The smallest absolute Gasteiger partial charge is 0.185 e. The summed E-state index contributed by atoms with van der Waals surface area (Å²) < 4.78 is 24.6. The van der Waals surface area contributed by atoms with Gasteiger partial charge in [0.25, 0.3) is 0 Å². The van der Waals surface area contributed by atoms with Crippen molar-refractivity contribution >= 4 is 46.6 Å². The number of anilines is 2.